The molecule has 0 aliphatic rings. The molecule has 256 valence electrons. The van der Waals surface area contributed by atoms with E-state index in [1.165, 1.54) is 23.3 Å². The summed E-state index contributed by atoms with van der Waals surface area (Å²) in [5.74, 6) is -2.27. The Bertz CT molecular complexity index is 2120. The van der Waals surface area contributed by atoms with Gasteiger partial charge in [0.2, 0.25) is 0 Å². The van der Waals surface area contributed by atoms with Gasteiger partial charge in [-0.15, -0.1) is 6.58 Å². The normalized spacial score (nSPS) is 10.6. The summed E-state index contributed by atoms with van der Waals surface area (Å²) in [4.78, 5) is 0. The van der Waals surface area contributed by atoms with Gasteiger partial charge in [-0.05, 0) is 100 Å². The van der Waals surface area contributed by atoms with E-state index in [1.807, 2.05) is 43.3 Å². The zero-order chi connectivity index (χ0) is 36.3. The first-order chi connectivity index (χ1) is 24.7. The lowest BCUT2D eigenvalue weighted by atomic mass is 9.97. The van der Waals surface area contributed by atoms with Crippen LogP contribution in [0, 0.1) is 34.6 Å². The van der Waals surface area contributed by atoms with Crippen LogP contribution in [0.4, 0.5) is 17.6 Å². The first-order valence-electron chi connectivity index (χ1n) is 17.1. The van der Waals surface area contributed by atoms with Gasteiger partial charge in [-0.25, -0.2) is 17.6 Å². The van der Waals surface area contributed by atoms with E-state index >= 15 is 0 Å². The Morgan fingerprint density at radius 3 is 1.49 bits per heavy atom. The summed E-state index contributed by atoms with van der Waals surface area (Å²) >= 11 is 0. The number of aryl methyl sites for hydroxylation is 3. The molecule has 0 atom stereocenters. The van der Waals surface area contributed by atoms with Gasteiger partial charge in [0.05, 0.1) is 0 Å². The SMILES string of the molecule is C=CCCc1ccc(-c2ccc(-c3ccc(CC)cc3)cc2F)cc1.CCCc1ccc(-c2ccc(-c3cc(F)c(C#N)c(F)c3)cc2)c(F)c1. The highest BCUT2D eigenvalue weighted by atomic mass is 19.1. The van der Waals surface area contributed by atoms with Crippen molar-refractivity contribution in [2.45, 2.75) is 46.0 Å². The van der Waals surface area contributed by atoms with E-state index < -0.39 is 17.2 Å². The lowest BCUT2D eigenvalue weighted by Gasteiger charge is -2.08. The summed E-state index contributed by atoms with van der Waals surface area (Å²) in [6, 6.07) is 37.6. The molecule has 0 saturated heterocycles. The maximum Gasteiger partial charge on any atom is 0.144 e. The highest BCUT2D eigenvalue weighted by molar-refractivity contribution is 5.72. The molecule has 6 aromatic carbocycles. The standard InChI is InChI=1S/C24H23F.C22H16F3N/c1-3-5-6-19-9-13-21(14-10-19)23-16-15-22(17-24(23)25)20-11-7-18(4-2)8-12-20;1-2-3-14-4-9-18(20(23)10-14)16-7-5-15(6-8-16)17-11-21(24)19(13-26)22(25)12-17/h3,7-17H,1,4-6H2,2H3;4-12H,2-3H2,1H3. The minimum Gasteiger partial charge on any atom is -0.206 e. The van der Waals surface area contributed by atoms with Crippen molar-refractivity contribution >= 4 is 0 Å². The first kappa shape index (κ1) is 36.5. The molecule has 0 aliphatic carbocycles. The van der Waals surface area contributed by atoms with Gasteiger partial charge in [-0.3, -0.25) is 0 Å². The fraction of sp³-hybridized carbons (Fsp3) is 0.152. The van der Waals surface area contributed by atoms with Crippen LogP contribution in [-0.4, -0.2) is 0 Å². The van der Waals surface area contributed by atoms with Crippen LogP contribution in [0.1, 0.15) is 48.9 Å². The predicted molar refractivity (Wildman–Crippen MR) is 201 cm³/mol. The van der Waals surface area contributed by atoms with Crippen LogP contribution in [0.3, 0.4) is 0 Å². The molecule has 6 rings (SSSR count). The number of nitrogens with zero attached hydrogens (tertiary/aromatic N) is 1. The minimum atomic E-state index is -0.899. The fourth-order valence-electron chi connectivity index (χ4n) is 5.91. The fourth-order valence-corrected chi connectivity index (χ4v) is 5.91. The van der Waals surface area contributed by atoms with Crippen LogP contribution in [0.25, 0.3) is 44.5 Å². The van der Waals surface area contributed by atoms with E-state index in [-0.39, 0.29) is 11.6 Å². The topological polar surface area (TPSA) is 23.8 Å². The molecule has 0 spiro atoms. The van der Waals surface area contributed by atoms with Crippen molar-refractivity contribution in [3.05, 3.63) is 180 Å². The van der Waals surface area contributed by atoms with E-state index in [4.69, 9.17) is 5.26 Å². The molecular formula is C46H39F4N. The lowest BCUT2D eigenvalue weighted by Crippen LogP contribution is -1.92. The van der Waals surface area contributed by atoms with Crippen molar-refractivity contribution in [1.82, 2.24) is 0 Å². The molecule has 5 heteroatoms. The second-order valence-corrected chi connectivity index (χ2v) is 12.3. The maximum atomic E-state index is 14.7. The van der Waals surface area contributed by atoms with E-state index in [0.29, 0.717) is 27.8 Å². The molecule has 0 aliphatic heterocycles. The van der Waals surface area contributed by atoms with Gasteiger partial charge in [0, 0.05) is 11.1 Å². The summed E-state index contributed by atoms with van der Waals surface area (Å²) in [5.41, 5.74) is 8.47. The Balaban J connectivity index is 0.000000198. The molecule has 0 fully saturated rings. The van der Waals surface area contributed by atoms with Gasteiger partial charge < -0.3 is 0 Å². The zero-order valence-corrected chi connectivity index (χ0v) is 28.8. The predicted octanol–water partition coefficient (Wildman–Crippen LogP) is 13.1. The Kier molecular flexibility index (Phi) is 12.4. The third kappa shape index (κ3) is 9.09. The number of benzene rings is 6. The Hall–Kier alpha value is -5.73. The average molecular weight is 682 g/mol. The zero-order valence-electron chi connectivity index (χ0n) is 28.8. The van der Waals surface area contributed by atoms with Crippen LogP contribution in [0.2, 0.25) is 0 Å². The van der Waals surface area contributed by atoms with Crippen molar-refractivity contribution < 1.29 is 17.6 Å². The molecule has 0 amide bonds. The van der Waals surface area contributed by atoms with E-state index in [9.17, 15) is 17.6 Å². The third-order valence-corrected chi connectivity index (χ3v) is 8.82. The largest absolute Gasteiger partial charge is 0.206 e. The Morgan fingerprint density at radius 2 is 0.961 bits per heavy atom. The number of hydrogen-bond acceptors (Lipinski definition) is 1. The molecule has 0 N–H and O–H groups in total. The smallest absolute Gasteiger partial charge is 0.144 e. The Morgan fingerprint density at radius 1 is 0.510 bits per heavy atom. The van der Waals surface area contributed by atoms with Crippen LogP contribution in [0.15, 0.2) is 134 Å². The van der Waals surface area contributed by atoms with Crippen molar-refractivity contribution in [3.8, 4) is 50.6 Å². The van der Waals surface area contributed by atoms with Gasteiger partial charge in [0.1, 0.15) is 34.9 Å². The molecule has 0 aromatic heterocycles. The monoisotopic (exact) mass is 681 g/mol. The summed E-state index contributed by atoms with van der Waals surface area (Å²) < 4.78 is 56.6. The second kappa shape index (κ2) is 17.3. The number of rotatable bonds is 10. The van der Waals surface area contributed by atoms with Crippen LogP contribution < -0.4 is 0 Å². The van der Waals surface area contributed by atoms with Crippen LogP contribution in [-0.2, 0) is 19.3 Å². The summed E-state index contributed by atoms with van der Waals surface area (Å²) in [6.07, 6.45) is 6.63. The first-order valence-corrected chi connectivity index (χ1v) is 17.1. The molecular weight excluding hydrogens is 643 g/mol. The highest BCUT2D eigenvalue weighted by Gasteiger charge is 2.13. The van der Waals surface area contributed by atoms with E-state index in [0.717, 1.165) is 66.5 Å². The van der Waals surface area contributed by atoms with Gasteiger partial charge in [-0.1, -0.05) is 123 Å². The number of halogens is 4. The maximum absolute atomic E-state index is 14.7. The van der Waals surface area contributed by atoms with Gasteiger partial charge in [0.15, 0.2) is 0 Å². The average Bonchev–Trinajstić information content (AvgIpc) is 3.15. The number of nitriles is 1. The minimum absolute atomic E-state index is 0.184. The second-order valence-electron chi connectivity index (χ2n) is 12.3. The molecule has 0 heterocycles. The lowest BCUT2D eigenvalue weighted by molar-refractivity contribution is 0.577. The quantitative estimate of drug-likeness (QED) is 0.104. The molecule has 51 heavy (non-hydrogen) atoms. The van der Waals surface area contributed by atoms with E-state index in [2.05, 4.69) is 49.9 Å². The van der Waals surface area contributed by atoms with Gasteiger partial charge in [-0.2, -0.15) is 5.26 Å². The molecule has 0 bridgehead atoms. The van der Waals surface area contributed by atoms with Crippen molar-refractivity contribution in [1.29, 1.82) is 5.26 Å². The van der Waals surface area contributed by atoms with Crippen molar-refractivity contribution in [2.24, 2.45) is 0 Å². The molecule has 0 saturated carbocycles. The number of allylic oxidation sites excluding steroid dienone is 1. The summed E-state index contributed by atoms with van der Waals surface area (Å²) in [7, 11) is 0. The van der Waals surface area contributed by atoms with Crippen LogP contribution >= 0.6 is 0 Å². The van der Waals surface area contributed by atoms with Gasteiger partial charge >= 0.3 is 0 Å². The van der Waals surface area contributed by atoms with E-state index in [1.54, 1.807) is 36.4 Å². The number of hydrogen-bond donors (Lipinski definition) is 0. The van der Waals surface area contributed by atoms with Gasteiger partial charge in [0.25, 0.3) is 0 Å². The molecule has 0 radical (unpaired) electrons. The molecule has 6 aromatic rings. The van der Waals surface area contributed by atoms with Crippen molar-refractivity contribution in [2.75, 3.05) is 0 Å². The summed E-state index contributed by atoms with van der Waals surface area (Å²) in [5, 5.41) is 8.74. The Labute approximate surface area is 298 Å². The third-order valence-electron chi connectivity index (χ3n) is 8.82. The van der Waals surface area contributed by atoms with Crippen LogP contribution in [0.5, 0.6) is 0 Å². The molecule has 0 unspecified atom stereocenters. The highest BCUT2D eigenvalue weighted by Crippen LogP contribution is 2.30. The summed E-state index contributed by atoms with van der Waals surface area (Å²) in [6.45, 7) is 7.92. The molecule has 1 nitrogen and oxygen atoms in total. The van der Waals surface area contributed by atoms with Crippen molar-refractivity contribution in [3.63, 3.8) is 0 Å².